The Hall–Kier alpha value is -3.10. The number of nitrogens with one attached hydrogen (secondary N) is 2. The molecule has 4 rings (SSSR count). The van der Waals surface area contributed by atoms with Gasteiger partial charge in [-0.3, -0.25) is 14.4 Å². The fraction of sp³-hybridized carbons (Fsp3) is 0.320. The van der Waals surface area contributed by atoms with Crippen LogP contribution in [0.2, 0.25) is 0 Å². The normalized spacial score (nSPS) is 15.7. The molecule has 1 amide bonds. The van der Waals surface area contributed by atoms with Crippen molar-refractivity contribution in [2.45, 2.75) is 37.1 Å². The van der Waals surface area contributed by atoms with Gasteiger partial charge in [0, 0.05) is 17.8 Å². The van der Waals surface area contributed by atoms with E-state index in [-0.39, 0.29) is 16.8 Å². The summed E-state index contributed by atoms with van der Waals surface area (Å²) in [6, 6.07) is 16.9. The first-order valence-corrected chi connectivity index (χ1v) is 12.7. The van der Waals surface area contributed by atoms with Crippen LogP contribution in [0.4, 0.5) is 5.69 Å². The first kappa shape index (κ1) is 23.1. The summed E-state index contributed by atoms with van der Waals surface area (Å²) in [6.07, 6.45) is 5.10. The number of anilines is 1. The Kier molecular flexibility index (Phi) is 7.15. The standard InChI is InChI=1S/C25H29N3O4S/c1-19-8-5-10-21(16-19)27-33(30,31)22-11-6-9-20(17-22)25(29)26-18-23(24-12-7-15-32-24)28-13-3-2-4-14-28/h5-12,15-17,23,27H,2-4,13-14,18H2,1H3,(H,26,29)/t23-/m1/s1. The van der Waals surface area contributed by atoms with Gasteiger partial charge in [-0.1, -0.05) is 24.6 Å². The highest BCUT2D eigenvalue weighted by atomic mass is 32.2. The van der Waals surface area contributed by atoms with Crippen LogP contribution in [0.3, 0.4) is 0 Å². The van der Waals surface area contributed by atoms with Gasteiger partial charge >= 0.3 is 0 Å². The number of carbonyl (C=O) groups is 1. The van der Waals surface area contributed by atoms with Crippen molar-refractivity contribution in [2.24, 2.45) is 0 Å². The van der Waals surface area contributed by atoms with Crippen molar-refractivity contribution in [3.05, 3.63) is 83.8 Å². The Bertz CT molecular complexity index is 1190. The average molecular weight is 468 g/mol. The molecule has 2 aromatic carbocycles. The number of hydrogen-bond acceptors (Lipinski definition) is 5. The molecule has 2 N–H and O–H groups in total. The molecule has 2 heterocycles. The third-order valence-electron chi connectivity index (χ3n) is 5.84. The molecule has 7 nitrogen and oxygen atoms in total. The maximum Gasteiger partial charge on any atom is 0.261 e. The highest BCUT2D eigenvalue weighted by molar-refractivity contribution is 7.92. The number of benzene rings is 2. The van der Waals surface area contributed by atoms with Gasteiger partial charge < -0.3 is 9.73 Å². The van der Waals surface area contributed by atoms with Crippen molar-refractivity contribution in [1.82, 2.24) is 10.2 Å². The maximum absolute atomic E-state index is 12.9. The largest absolute Gasteiger partial charge is 0.468 e. The van der Waals surface area contributed by atoms with Crippen molar-refractivity contribution in [2.75, 3.05) is 24.4 Å². The van der Waals surface area contributed by atoms with Crippen LogP contribution in [0, 0.1) is 6.92 Å². The van der Waals surface area contributed by atoms with E-state index in [1.54, 1.807) is 36.6 Å². The number of amides is 1. The van der Waals surface area contributed by atoms with Crippen molar-refractivity contribution in [3.8, 4) is 0 Å². The summed E-state index contributed by atoms with van der Waals surface area (Å²) in [6.45, 7) is 4.19. The van der Waals surface area contributed by atoms with Crippen LogP contribution in [0.1, 0.15) is 47.0 Å². The molecule has 3 aromatic rings. The molecule has 8 heteroatoms. The summed E-state index contributed by atoms with van der Waals surface area (Å²) in [7, 11) is -3.82. The molecule has 33 heavy (non-hydrogen) atoms. The highest BCUT2D eigenvalue weighted by Gasteiger charge is 2.25. The number of piperidine rings is 1. The number of rotatable bonds is 8. The highest BCUT2D eigenvalue weighted by Crippen LogP contribution is 2.25. The molecule has 0 unspecified atom stereocenters. The first-order valence-electron chi connectivity index (χ1n) is 11.2. The smallest absolute Gasteiger partial charge is 0.261 e. The van der Waals surface area contributed by atoms with Crippen LogP contribution < -0.4 is 10.0 Å². The van der Waals surface area contributed by atoms with Crippen LogP contribution in [-0.2, 0) is 10.0 Å². The van der Waals surface area contributed by atoms with E-state index in [0.29, 0.717) is 17.8 Å². The number of aryl methyl sites for hydroxylation is 1. The van der Waals surface area contributed by atoms with Gasteiger partial charge in [0.15, 0.2) is 0 Å². The molecule has 0 bridgehead atoms. The van der Waals surface area contributed by atoms with Crippen molar-refractivity contribution >= 4 is 21.6 Å². The minimum atomic E-state index is -3.82. The predicted octanol–water partition coefficient (Wildman–Crippen LogP) is 4.35. The van der Waals surface area contributed by atoms with E-state index in [1.807, 2.05) is 25.1 Å². The molecular weight excluding hydrogens is 438 g/mol. The lowest BCUT2D eigenvalue weighted by atomic mass is 10.1. The zero-order chi connectivity index (χ0) is 23.3. The molecule has 1 saturated heterocycles. The molecule has 1 aliphatic rings. The van der Waals surface area contributed by atoms with E-state index in [2.05, 4.69) is 14.9 Å². The van der Waals surface area contributed by atoms with Gasteiger partial charge in [-0.05, 0) is 80.9 Å². The zero-order valence-corrected chi connectivity index (χ0v) is 19.5. The third kappa shape index (κ3) is 5.83. The fourth-order valence-corrected chi connectivity index (χ4v) is 5.23. The number of carbonyl (C=O) groups excluding carboxylic acids is 1. The molecule has 0 radical (unpaired) electrons. The minimum Gasteiger partial charge on any atom is -0.468 e. The van der Waals surface area contributed by atoms with E-state index >= 15 is 0 Å². The SMILES string of the molecule is Cc1cccc(NS(=O)(=O)c2cccc(C(=O)NC[C@H](c3ccco3)N3CCCCC3)c2)c1. The van der Waals surface area contributed by atoms with E-state index in [1.165, 1.54) is 18.6 Å². The second-order valence-electron chi connectivity index (χ2n) is 8.34. The second-order valence-corrected chi connectivity index (χ2v) is 10.0. The van der Waals surface area contributed by atoms with Crippen LogP contribution >= 0.6 is 0 Å². The summed E-state index contributed by atoms with van der Waals surface area (Å²) in [5.74, 6) is 0.493. The summed E-state index contributed by atoms with van der Waals surface area (Å²) in [4.78, 5) is 15.3. The molecule has 174 valence electrons. The number of nitrogens with zero attached hydrogens (tertiary/aromatic N) is 1. The Morgan fingerprint density at radius 2 is 1.82 bits per heavy atom. The summed E-state index contributed by atoms with van der Waals surface area (Å²) in [5, 5.41) is 2.96. The summed E-state index contributed by atoms with van der Waals surface area (Å²) < 4.78 is 33.9. The Balaban J connectivity index is 1.46. The van der Waals surface area contributed by atoms with Crippen molar-refractivity contribution < 1.29 is 17.6 Å². The lowest BCUT2D eigenvalue weighted by molar-refractivity contribution is 0.0914. The molecule has 1 atom stereocenters. The van der Waals surface area contributed by atoms with Crippen LogP contribution in [0.25, 0.3) is 0 Å². The van der Waals surface area contributed by atoms with Crippen molar-refractivity contribution in [3.63, 3.8) is 0 Å². The number of furan rings is 1. The Labute approximate surface area is 194 Å². The molecule has 1 fully saturated rings. The van der Waals surface area contributed by atoms with Gasteiger partial charge in [-0.15, -0.1) is 0 Å². The van der Waals surface area contributed by atoms with Crippen LogP contribution in [0.15, 0.2) is 76.2 Å². The predicted molar refractivity (Wildman–Crippen MR) is 128 cm³/mol. The maximum atomic E-state index is 12.9. The molecule has 0 saturated carbocycles. The molecule has 0 aliphatic carbocycles. The monoisotopic (exact) mass is 467 g/mol. The fourth-order valence-electron chi connectivity index (χ4n) is 4.14. The molecule has 1 aliphatic heterocycles. The topological polar surface area (TPSA) is 91.6 Å². The molecule has 1 aromatic heterocycles. The first-order chi connectivity index (χ1) is 15.9. The number of likely N-dealkylation sites (tertiary alicyclic amines) is 1. The third-order valence-corrected chi connectivity index (χ3v) is 7.21. The quantitative estimate of drug-likeness (QED) is 0.514. The molecule has 0 spiro atoms. The van der Waals surface area contributed by atoms with Gasteiger partial charge in [0.05, 0.1) is 17.2 Å². The van der Waals surface area contributed by atoms with Gasteiger partial charge in [-0.25, -0.2) is 8.42 Å². The van der Waals surface area contributed by atoms with Gasteiger partial charge in [0.25, 0.3) is 15.9 Å². The lowest BCUT2D eigenvalue weighted by Crippen LogP contribution is -2.40. The van der Waals surface area contributed by atoms with E-state index in [0.717, 1.165) is 37.3 Å². The second kappa shape index (κ2) is 10.2. The Morgan fingerprint density at radius 1 is 1.03 bits per heavy atom. The Morgan fingerprint density at radius 3 is 2.55 bits per heavy atom. The number of hydrogen-bond donors (Lipinski definition) is 2. The van der Waals surface area contributed by atoms with Crippen molar-refractivity contribution in [1.29, 1.82) is 0 Å². The van der Waals surface area contributed by atoms with E-state index in [4.69, 9.17) is 4.42 Å². The van der Waals surface area contributed by atoms with E-state index in [9.17, 15) is 13.2 Å². The van der Waals surface area contributed by atoms with E-state index < -0.39 is 10.0 Å². The zero-order valence-electron chi connectivity index (χ0n) is 18.7. The summed E-state index contributed by atoms with van der Waals surface area (Å²) in [5.41, 5.74) is 1.72. The average Bonchev–Trinajstić information content (AvgIpc) is 3.34. The van der Waals surface area contributed by atoms with Crippen LogP contribution in [-0.4, -0.2) is 38.9 Å². The minimum absolute atomic E-state index is 0.0373. The van der Waals surface area contributed by atoms with Crippen LogP contribution in [0.5, 0.6) is 0 Å². The van der Waals surface area contributed by atoms with Gasteiger partial charge in [0.1, 0.15) is 5.76 Å². The lowest BCUT2D eigenvalue weighted by Gasteiger charge is -2.33. The van der Waals surface area contributed by atoms with Gasteiger partial charge in [0.2, 0.25) is 0 Å². The van der Waals surface area contributed by atoms with Gasteiger partial charge in [-0.2, -0.15) is 0 Å². The molecular formula is C25H29N3O4S. The number of sulfonamides is 1. The summed E-state index contributed by atoms with van der Waals surface area (Å²) >= 11 is 0.